The second-order valence-corrected chi connectivity index (χ2v) is 6.66. The van der Waals surface area contributed by atoms with Gasteiger partial charge in [0.05, 0.1) is 11.5 Å². The number of carbonyl (C=O) groups excluding carboxylic acids is 1. The number of hydrogen-bond donors (Lipinski definition) is 2. The number of nitro groups is 1. The lowest BCUT2D eigenvalue weighted by Gasteiger charge is -2.34. The van der Waals surface area contributed by atoms with E-state index in [1.807, 2.05) is 0 Å². The predicted molar refractivity (Wildman–Crippen MR) is 90.7 cm³/mol. The Kier molecular flexibility index (Phi) is 5.96. The number of amides is 1. The van der Waals surface area contributed by atoms with Crippen LogP contribution < -0.4 is 10.6 Å². The molecule has 23 heavy (non-hydrogen) atoms. The van der Waals surface area contributed by atoms with Crippen molar-refractivity contribution in [2.75, 3.05) is 11.9 Å². The van der Waals surface area contributed by atoms with E-state index in [0.717, 1.165) is 12.8 Å². The van der Waals surface area contributed by atoms with Crippen molar-refractivity contribution in [1.29, 1.82) is 0 Å². The van der Waals surface area contributed by atoms with Gasteiger partial charge in [-0.1, -0.05) is 38.3 Å². The predicted octanol–water partition coefficient (Wildman–Crippen LogP) is 3.60. The van der Waals surface area contributed by atoms with E-state index in [0.29, 0.717) is 17.9 Å². The highest BCUT2D eigenvalue weighted by Gasteiger charge is 2.27. The van der Waals surface area contributed by atoms with E-state index in [-0.39, 0.29) is 28.8 Å². The van der Waals surface area contributed by atoms with Crippen LogP contribution in [0.5, 0.6) is 0 Å². The SMILES string of the molecule is CC1CCCC(NCC(=O)Nc2ccc(Cl)cc2[N+](=O)[O-])C1C. The molecular formula is C16H22ClN3O3. The van der Waals surface area contributed by atoms with Crippen molar-refractivity contribution < 1.29 is 9.72 Å². The zero-order chi connectivity index (χ0) is 17.0. The maximum Gasteiger partial charge on any atom is 0.294 e. The van der Waals surface area contributed by atoms with E-state index in [4.69, 9.17) is 11.6 Å². The molecule has 3 unspecified atom stereocenters. The first-order valence-electron chi connectivity index (χ1n) is 7.85. The third kappa shape index (κ3) is 4.65. The Bertz CT molecular complexity index is 594. The first-order chi connectivity index (χ1) is 10.9. The minimum Gasteiger partial charge on any atom is -0.319 e. The zero-order valence-electron chi connectivity index (χ0n) is 13.3. The monoisotopic (exact) mass is 339 g/mol. The van der Waals surface area contributed by atoms with Gasteiger partial charge in [-0.3, -0.25) is 14.9 Å². The number of benzene rings is 1. The molecule has 0 spiro atoms. The van der Waals surface area contributed by atoms with Crippen LogP contribution in [0.1, 0.15) is 33.1 Å². The zero-order valence-corrected chi connectivity index (χ0v) is 14.1. The van der Waals surface area contributed by atoms with Gasteiger partial charge < -0.3 is 10.6 Å². The summed E-state index contributed by atoms with van der Waals surface area (Å²) in [6.07, 6.45) is 3.44. The third-order valence-corrected chi connectivity index (χ3v) is 4.90. The van der Waals surface area contributed by atoms with Gasteiger partial charge in [-0.05, 0) is 30.4 Å². The molecule has 1 aliphatic rings. The summed E-state index contributed by atoms with van der Waals surface area (Å²) in [6.45, 7) is 4.57. The summed E-state index contributed by atoms with van der Waals surface area (Å²) in [7, 11) is 0. The first-order valence-corrected chi connectivity index (χ1v) is 8.23. The van der Waals surface area contributed by atoms with Gasteiger partial charge in [0.25, 0.3) is 5.69 Å². The molecular weight excluding hydrogens is 318 g/mol. The van der Waals surface area contributed by atoms with E-state index < -0.39 is 4.92 Å². The second-order valence-electron chi connectivity index (χ2n) is 6.22. The van der Waals surface area contributed by atoms with Crippen molar-refractivity contribution in [3.05, 3.63) is 33.3 Å². The Hall–Kier alpha value is -1.66. The fourth-order valence-corrected chi connectivity index (χ4v) is 3.22. The van der Waals surface area contributed by atoms with Crippen LogP contribution in [-0.4, -0.2) is 23.4 Å². The molecule has 2 N–H and O–H groups in total. The number of nitrogens with one attached hydrogen (secondary N) is 2. The molecule has 1 fully saturated rings. The maximum atomic E-state index is 12.1. The van der Waals surface area contributed by atoms with E-state index in [9.17, 15) is 14.9 Å². The van der Waals surface area contributed by atoms with Gasteiger partial charge in [-0.15, -0.1) is 0 Å². The van der Waals surface area contributed by atoms with Gasteiger partial charge in [0.2, 0.25) is 5.91 Å². The summed E-state index contributed by atoms with van der Waals surface area (Å²) in [5, 5.41) is 17.1. The molecule has 1 aliphatic carbocycles. The molecule has 6 nitrogen and oxygen atoms in total. The molecule has 1 amide bonds. The Morgan fingerprint density at radius 2 is 2.13 bits per heavy atom. The number of hydrogen-bond acceptors (Lipinski definition) is 4. The van der Waals surface area contributed by atoms with E-state index in [1.165, 1.54) is 24.6 Å². The molecule has 7 heteroatoms. The van der Waals surface area contributed by atoms with Crippen molar-refractivity contribution >= 4 is 28.9 Å². The van der Waals surface area contributed by atoms with Crippen LogP contribution in [0.2, 0.25) is 5.02 Å². The molecule has 0 aromatic heterocycles. The molecule has 0 bridgehead atoms. The Morgan fingerprint density at radius 3 is 2.83 bits per heavy atom. The molecule has 126 valence electrons. The quantitative estimate of drug-likeness (QED) is 0.634. The number of rotatable bonds is 5. The standard InChI is InChI=1S/C16H22ClN3O3/c1-10-4-3-5-13(11(10)2)18-9-16(21)19-14-7-6-12(17)8-15(14)20(22)23/h6-8,10-11,13,18H,3-5,9H2,1-2H3,(H,19,21). The Labute approximate surface area is 140 Å². The van der Waals surface area contributed by atoms with Crippen LogP contribution in [0.4, 0.5) is 11.4 Å². The van der Waals surface area contributed by atoms with Crippen LogP contribution in [0.15, 0.2) is 18.2 Å². The highest BCUT2D eigenvalue weighted by Crippen LogP contribution is 2.30. The van der Waals surface area contributed by atoms with E-state index in [2.05, 4.69) is 24.5 Å². The van der Waals surface area contributed by atoms with Gasteiger partial charge in [0.1, 0.15) is 5.69 Å². The summed E-state index contributed by atoms with van der Waals surface area (Å²) in [5.41, 5.74) is -0.0400. The highest BCUT2D eigenvalue weighted by molar-refractivity contribution is 6.31. The van der Waals surface area contributed by atoms with Crippen molar-refractivity contribution in [2.45, 2.75) is 39.2 Å². The second kappa shape index (κ2) is 7.75. The molecule has 1 aromatic carbocycles. The van der Waals surface area contributed by atoms with Crippen molar-refractivity contribution in [3.63, 3.8) is 0 Å². The summed E-state index contributed by atoms with van der Waals surface area (Å²) >= 11 is 5.76. The number of nitro benzene ring substituents is 1. The molecule has 0 heterocycles. The highest BCUT2D eigenvalue weighted by atomic mass is 35.5. The fraction of sp³-hybridized carbons (Fsp3) is 0.562. The van der Waals surface area contributed by atoms with Crippen LogP contribution in [0.3, 0.4) is 0 Å². The van der Waals surface area contributed by atoms with Crippen molar-refractivity contribution in [3.8, 4) is 0 Å². The van der Waals surface area contributed by atoms with Crippen LogP contribution in [0.25, 0.3) is 0 Å². The van der Waals surface area contributed by atoms with Crippen molar-refractivity contribution in [2.24, 2.45) is 11.8 Å². The summed E-state index contributed by atoms with van der Waals surface area (Å²) in [5.74, 6) is 0.865. The average molecular weight is 340 g/mol. The van der Waals surface area contributed by atoms with Crippen LogP contribution in [-0.2, 0) is 4.79 Å². The average Bonchev–Trinajstić information content (AvgIpc) is 2.50. The lowest BCUT2D eigenvalue weighted by atomic mass is 9.78. The molecule has 0 saturated heterocycles. The third-order valence-electron chi connectivity index (χ3n) is 4.66. The largest absolute Gasteiger partial charge is 0.319 e. The number of nitrogens with zero attached hydrogens (tertiary/aromatic N) is 1. The summed E-state index contributed by atoms with van der Waals surface area (Å²) in [6, 6.07) is 4.51. The van der Waals surface area contributed by atoms with Gasteiger partial charge in [-0.2, -0.15) is 0 Å². The minimum absolute atomic E-state index is 0.140. The van der Waals surface area contributed by atoms with E-state index >= 15 is 0 Å². The topological polar surface area (TPSA) is 84.3 Å². The normalized spacial score (nSPS) is 24.2. The lowest BCUT2D eigenvalue weighted by Crippen LogP contribution is -2.43. The lowest BCUT2D eigenvalue weighted by molar-refractivity contribution is -0.383. The maximum absolute atomic E-state index is 12.1. The molecule has 1 saturated carbocycles. The molecule has 0 radical (unpaired) electrons. The number of carbonyl (C=O) groups is 1. The summed E-state index contributed by atoms with van der Waals surface area (Å²) < 4.78 is 0. The van der Waals surface area contributed by atoms with Crippen LogP contribution in [0, 0.1) is 22.0 Å². The van der Waals surface area contributed by atoms with Crippen LogP contribution >= 0.6 is 11.6 Å². The molecule has 0 aliphatic heterocycles. The first kappa shape index (κ1) is 17.7. The van der Waals surface area contributed by atoms with Gasteiger partial charge >= 0.3 is 0 Å². The van der Waals surface area contributed by atoms with Crippen molar-refractivity contribution in [1.82, 2.24) is 5.32 Å². The smallest absolute Gasteiger partial charge is 0.294 e. The fourth-order valence-electron chi connectivity index (χ4n) is 3.05. The Balaban J connectivity index is 1.94. The number of anilines is 1. The molecule has 3 atom stereocenters. The van der Waals surface area contributed by atoms with E-state index in [1.54, 1.807) is 0 Å². The van der Waals surface area contributed by atoms with Gasteiger partial charge in [0, 0.05) is 17.1 Å². The molecule has 1 aromatic rings. The van der Waals surface area contributed by atoms with Gasteiger partial charge in [0.15, 0.2) is 0 Å². The Morgan fingerprint density at radius 1 is 1.39 bits per heavy atom. The number of halogens is 1. The minimum atomic E-state index is -0.556. The summed E-state index contributed by atoms with van der Waals surface area (Å²) in [4.78, 5) is 22.5. The molecule has 2 rings (SSSR count). The van der Waals surface area contributed by atoms with Gasteiger partial charge in [-0.25, -0.2) is 0 Å².